The number of phenols is 1. The SMILES string of the molecule is CC[C@H](Nc1c(Nc2ccccc2O)c(=O)c1=O)c1ccccc1. The molecule has 0 fully saturated rings. The van der Waals surface area contributed by atoms with Gasteiger partial charge in [-0.1, -0.05) is 49.4 Å². The molecule has 5 nitrogen and oxygen atoms in total. The molecule has 0 spiro atoms. The minimum Gasteiger partial charge on any atom is -0.506 e. The smallest absolute Gasteiger partial charge is 0.253 e. The molecule has 0 unspecified atom stereocenters. The predicted molar refractivity (Wildman–Crippen MR) is 95.8 cm³/mol. The van der Waals surface area contributed by atoms with Crippen LogP contribution in [0.15, 0.2) is 64.2 Å². The lowest BCUT2D eigenvalue weighted by Crippen LogP contribution is -2.37. The van der Waals surface area contributed by atoms with Crippen LogP contribution in [0.2, 0.25) is 0 Å². The van der Waals surface area contributed by atoms with E-state index in [2.05, 4.69) is 10.6 Å². The average Bonchev–Trinajstić information content (AvgIpc) is 2.63. The zero-order valence-corrected chi connectivity index (χ0v) is 13.2. The summed E-state index contributed by atoms with van der Waals surface area (Å²) in [5, 5.41) is 15.8. The van der Waals surface area contributed by atoms with Crippen molar-refractivity contribution >= 4 is 17.1 Å². The Morgan fingerprint density at radius 1 is 0.917 bits per heavy atom. The van der Waals surface area contributed by atoms with Crippen LogP contribution in [0.3, 0.4) is 0 Å². The molecule has 0 saturated heterocycles. The average molecular weight is 322 g/mol. The molecule has 3 aromatic rings. The molecule has 1 atom stereocenters. The minimum atomic E-state index is -0.580. The van der Waals surface area contributed by atoms with Gasteiger partial charge in [0.2, 0.25) is 0 Å². The Morgan fingerprint density at radius 2 is 1.54 bits per heavy atom. The summed E-state index contributed by atoms with van der Waals surface area (Å²) in [6.07, 6.45) is 0.763. The second-order valence-electron chi connectivity index (χ2n) is 5.57. The second kappa shape index (κ2) is 6.58. The van der Waals surface area contributed by atoms with Gasteiger partial charge in [0.25, 0.3) is 10.9 Å². The van der Waals surface area contributed by atoms with Gasteiger partial charge in [-0.05, 0) is 24.1 Å². The van der Waals surface area contributed by atoms with Crippen LogP contribution in [0, 0.1) is 0 Å². The van der Waals surface area contributed by atoms with Gasteiger partial charge in [-0.3, -0.25) is 9.59 Å². The van der Waals surface area contributed by atoms with Crippen molar-refractivity contribution in [1.82, 2.24) is 0 Å². The van der Waals surface area contributed by atoms with Crippen molar-refractivity contribution in [3.8, 4) is 5.75 Å². The molecule has 0 aliphatic carbocycles. The van der Waals surface area contributed by atoms with E-state index in [-0.39, 0.29) is 23.2 Å². The summed E-state index contributed by atoms with van der Waals surface area (Å²) in [4.78, 5) is 23.9. The zero-order valence-electron chi connectivity index (χ0n) is 13.2. The molecular formula is C19H18N2O3. The van der Waals surface area contributed by atoms with E-state index < -0.39 is 10.9 Å². The molecule has 3 rings (SSSR count). The van der Waals surface area contributed by atoms with Crippen molar-refractivity contribution < 1.29 is 5.11 Å². The van der Waals surface area contributed by atoms with Crippen molar-refractivity contribution in [2.75, 3.05) is 10.6 Å². The molecule has 0 heterocycles. The summed E-state index contributed by atoms with van der Waals surface area (Å²) in [7, 11) is 0. The van der Waals surface area contributed by atoms with E-state index in [1.54, 1.807) is 18.2 Å². The van der Waals surface area contributed by atoms with Crippen LogP contribution < -0.4 is 21.5 Å². The highest BCUT2D eigenvalue weighted by Crippen LogP contribution is 2.30. The van der Waals surface area contributed by atoms with Gasteiger partial charge in [0, 0.05) is 0 Å². The Morgan fingerprint density at radius 3 is 2.21 bits per heavy atom. The van der Waals surface area contributed by atoms with Crippen molar-refractivity contribution in [1.29, 1.82) is 0 Å². The molecule has 24 heavy (non-hydrogen) atoms. The van der Waals surface area contributed by atoms with Gasteiger partial charge in [0.15, 0.2) is 0 Å². The first-order chi connectivity index (χ1) is 11.6. The Labute approximate surface area is 139 Å². The maximum Gasteiger partial charge on any atom is 0.253 e. The summed E-state index contributed by atoms with van der Waals surface area (Å²) in [5.41, 5.74) is 0.766. The van der Waals surface area contributed by atoms with E-state index in [0.717, 1.165) is 12.0 Å². The van der Waals surface area contributed by atoms with Gasteiger partial charge in [0.1, 0.15) is 17.1 Å². The molecule has 3 N–H and O–H groups in total. The van der Waals surface area contributed by atoms with E-state index in [9.17, 15) is 14.7 Å². The fraction of sp³-hybridized carbons (Fsp3) is 0.158. The molecule has 0 aromatic heterocycles. The number of hydrogen-bond acceptors (Lipinski definition) is 5. The highest BCUT2D eigenvalue weighted by Gasteiger charge is 2.24. The molecule has 0 saturated carbocycles. The fourth-order valence-corrected chi connectivity index (χ4v) is 2.64. The van der Waals surface area contributed by atoms with Gasteiger partial charge in [-0.25, -0.2) is 0 Å². The summed E-state index contributed by atoms with van der Waals surface area (Å²) >= 11 is 0. The summed E-state index contributed by atoms with van der Waals surface area (Å²) < 4.78 is 0. The van der Waals surface area contributed by atoms with E-state index in [4.69, 9.17) is 0 Å². The van der Waals surface area contributed by atoms with Crippen molar-refractivity contribution in [3.63, 3.8) is 0 Å². The van der Waals surface area contributed by atoms with Gasteiger partial charge in [-0.15, -0.1) is 0 Å². The third kappa shape index (κ3) is 2.88. The van der Waals surface area contributed by atoms with Gasteiger partial charge in [0.05, 0.1) is 11.7 Å². The molecular weight excluding hydrogens is 304 g/mol. The Kier molecular flexibility index (Phi) is 4.33. The first-order valence-corrected chi connectivity index (χ1v) is 7.81. The molecule has 0 radical (unpaired) electrons. The Bertz CT molecular complexity index is 912. The van der Waals surface area contributed by atoms with Gasteiger partial charge in [-0.2, -0.15) is 0 Å². The van der Waals surface area contributed by atoms with Crippen LogP contribution >= 0.6 is 0 Å². The topological polar surface area (TPSA) is 78.4 Å². The second-order valence-corrected chi connectivity index (χ2v) is 5.57. The number of para-hydroxylation sites is 2. The molecule has 0 amide bonds. The predicted octanol–water partition coefficient (Wildman–Crippen LogP) is 3.30. The van der Waals surface area contributed by atoms with Crippen LogP contribution in [-0.2, 0) is 0 Å². The van der Waals surface area contributed by atoms with Crippen molar-refractivity contribution in [3.05, 3.63) is 80.6 Å². The largest absolute Gasteiger partial charge is 0.506 e. The lowest BCUT2D eigenvalue weighted by molar-refractivity contribution is 0.478. The third-order valence-corrected chi connectivity index (χ3v) is 4.00. The summed E-state index contributed by atoms with van der Waals surface area (Å²) in [5.74, 6) is 0.0200. The van der Waals surface area contributed by atoms with E-state index in [1.165, 1.54) is 6.07 Å². The summed E-state index contributed by atoms with van der Waals surface area (Å²) in [6.45, 7) is 2.01. The standard InChI is InChI=1S/C19H18N2O3/c1-2-13(12-8-4-3-5-9-12)20-16-17(19(24)18(16)23)21-14-10-6-7-11-15(14)22/h3-11,13,20-22H,2H2,1H3/t13-/m0/s1. The van der Waals surface area contributed by atoms with Gasteiger partial charge < -0.3 is 15.7 Å². The Hall–Kier alpha value is -3.08. The lowest BCUT2D eigenvalue weighted by Gasteiger charge is -2.22. The molecule has 5 heteroatoms. The van der Waals surface area contributed by atoms with E-state index in [1.807, 2.05) is 37.3 Å². The Balaban J connectivity index is 1.87. The number of aromatic hydroxyl groups is 1. The van der Waals surface area contributed by atoms with E-state index in [0.29, 0.717) is 5.69 Å². The first-order valence-electron chi connectivity index (χ1n) is 7.81. The van der Waals surface area contributed by atoms with Crippen LogP contribution in [-0.4, -0.2) is 5.11 Å². The molecule has 0 aliphatic heterocycles. The van der Waals surface area contributed by atoms with Crippen LogP contribution in [0.4, 0.5) is 17.1 Å². The number of rotatable bonds is 6. The number of nitrogens with one attached hydrogen (secondary N) is 2. The van der Waals surface area contributed by atoms with Crippen LogP contribution in [0.25, 0.3) is 0 Å². The number of benzene rings is 2. The van der Waals surface area contributed by atoms with E-state index >= 15 is 0 Å². The number of anilines is 3. The quantitative estimate of drug-likeness (QED) is 0.479. The normalized spacial score (nSPS) is 12.0. The first kappa shape index (κ1) is 15.8. The molecule has 0 bridgehead atoms. The van der Waals surface area contributed by atoms with Crippen molar-refractivity contribution in [2.45, 2.75) is 19.4 Å². The molecule has 122 valence electrons. The highest BCUT2D eigenvalue weighted by atomic mass is 16.3. The maximum atomic E-state index is 12.0. The third-order valence-electron chi connectivity index (χ3n) is 4.00. The van der Waals surface area contributed by atoms with Crippen LogP contribution in [0.5, 0.6) is 5.75 Å². The monoisotopic (exact) mass is 322 g/mol. The molecule has 3 aromatic carbocycles. The fourth-order valence-electron chi connectivity index (χ4n) is 2.64. The zero-order chi connectivity index (χ0) is 17.1. The number of phenolic OH excluding ortho intramolecular Hbond substituents is 1. The van der Waals surface area contributed by atoms with Crippen molar-refractivity contribution in [2.24, 2.45) is 0 Å². The van der Waals surface area contributed by atoms with Crippen LogP contribution in [0.1, 0.15) is 24.9 Å². The minimum absolute atomic E-state index is 0.0200. The number of hydrogen-bond donors (Lipinski definition) is 3. The lowest BCUT2D eigenvalue weighted by atomic mass is 10.0. The summed E-state index contributed by atoms with van der Waals surface area (Å²) in [6, 6.07) is 16.3. The van der Waals surface area contributed by atoms with Gasteiger partial charge >= 0.3 is 0 Å². The molecule has 0 aliphatic rings. The highest BCUT2D eigenvalue weighted by molar-refractivity contribution is 5.80. The maximum absolute atomic E-state index is 12.0.